The second-order valence-corrected chi connectivity index (χ2v) is 22.3. The Balaban J connectivity index is 0.730. The molecular weight excluding hydrogens is 1050 g/mol. The number of aromatic nitrogens is 9. The monoisotopic (exact) mass is 1120 g/mol. The minimum absolute atomic E-state index is 0.00240. The highest BCUT2D eigenvalue weighted by atomic mass is 16.5. The van der Waals surface area contributed by atoms with E-state index < -0.39 is 0 Å². The van der Waals surface area contributed by atoms with Crippen molar-refractivity contribution in [3.05, 3.63) is 193 Å². The lowest BCUT2D eigenvalue weighted by atomic mass is 9.97. The highest BCUT2D eigenvalue weighted by molar-refractivity contribution is 6.16. The van der Waals surface area contributed by atoms with Gasteiger partial charge in [0.2, 0.25) is 11.8 Å². The maximum Gasteiger partial charge on any atom is 0.224 e. The van der Waals surface area contributed by atoms with E-state index in [0.717, 1.165) is 131 Å². The Labute approximate surface area is 492 Å². The molecule has 0 aliphatic carbocycles. The van der Waals surface area contributed by atoms with Crippen molar-refractivity contribution in [2.24, 2.45) is 21.1 Å². The van der Waals surface area contributed by atoms with E-state index in [2.05, 4.69) is 197 Å². The highest BCUT2D eigenvalue weighted by Crippen LogP contribution is 2.40. The fourth-order valence-electron chi connectivity index (χ4n) is 12.1. The normalized spacial score (nSPS) is 12.0. The lowest BCUT2D eigenvalue weighted by molar-refractivity contribution is -0.696. The molecule has 3 aromatic carbocycles. The molecule has 0 atom stereocenters. The number of aromatic amines is 3. The Hall–Kier alpha value is -10.3. The molecule has 11 aromatic rings. The second kappa shape index (κ2) is 22.8. The standard InChI is InChI=1S/C71H63N11O3/c1-44-54-43-82(41-32-52(54)45(2)71-66(44)53-42-51(85-6)16-17-55(53)78-71)34-8-7-10-64(83)72-33-9-11-65(84)73-50-14-12-46(13-15-50)67-56-18-20-58(74-56)68(47-26-35-79(3)36-27-47)60-22-24-62(76-60)70(49-30-39-81(5)40-31-49)63-25-23-61(77-63)69(59-21-19-57(67)75-59)48-28-37-80(4)38-29-48/h12-32,35-43H,7-11,33-34H2,1-6H3,(H-2,72,73,74,75,76,77,83,84)/p+4. The quantitative estimate of drug-likeness (QED) is 0.0510. The molecule has 10 heterocycles. The van der Waals surface area contributed by atoms with Crippen LogP contribution in [0.15, 0.2) is 159 Å². The van der Waals surface area contributed by atoms with E-state index in [0.29, 0.717) is 25.1 Å². The van der Waals surface area contributed by atoms with Gasteiger partial charge in [-0.15, -0.1) is 0 Å². The highest BCUT2D eigenvalue weighted by Gasteiger charge is 2.22. The summed E-state index contributed by atoms with van der Waals surface area (Å²) in [5, 5.41) is 11.0. The minimum Gasteiger partial charge on any atom is -0.497 e. The van der Waals surface area contributed by atoms with E-state index in [1.165, 1.54) is 27.3 Å². The van der Waals surface area contributed by atoms with Gasteiger partial charge in [-0.2, -0.15) is 0 Å². The maximum atomic E-state index is 13.4. The number of unbranched alkanes of at least 4 members (excludes halogenated alkanes) is 1. The van der Waals surface area contributed by atoms with Crippen LogP contribution in [-0.2, 0) is 37.3 Å². The average molecular weight is 1120 g/mol. The zero-order valence-electron chi connectivity index (χ0n) is 48.7. The van der Waals surface area contributed by atoms with Crippen molar-refractivity contribution < 1.29 is 32.6 Å². The van der Waals surface area contributed by atoms with E-state index in [-0.39, 0.29) is 18.2 Å². The van der Waals surface area contributed by atoms with Crippen LogP contribution in [-0.4, -0.2) is 50.4 Å². The van der Waals surface area contributed by atoms with Crippen LogP contribution in [0.4, 0.5) is 5.69 Å². The number of benzene rings is 3. The smallest absolute Gasteiger partial charge is 0.224 e. The van der Waals surface area contributed by atoms with Crippen LogP contribution >= 0.6 is 0 Å². The Morgan fingerprint density at radius 1 is 0.494 bits per heavy atom. The number of fused-ring (bicyclic) bond motifs is 12. The van der Waals surface area contributed by atoms with Gasteiger partial charge in [-0.1, -0.05) is 12.1 Å². The number of nitrogens with one attached hydrogen (secondary N) is 5. The van der Waals surface area contributed by atoms with Crippen LogP contribution < -0.4 is 33.6 Å². The lowest BCUT2D eigenvalue weighted by Gasteiger charge is -2.09. The third-order valence-electron chi connectivity index (χ3n) is 16.6. The summed E-state index contributed by atoms with van der Waals surface area (Å²) in [5.74, 6) is 0.719. The summed E-state index contributed by atoms with van der Waals surface area (Å²) in [7, 11) is 7.76. The van der Waals surface area contributed by atoms with Gasteiger partial charge >= 0.3 is 0 Å². The number of rotatable bonds is 15. The molecule has 8 aromatic heterocycles. The summed E-state index contributed by atoms with van der Waals surface area (Å²) in [4.78, 5) is 48.5. The molecular formula is C71H67N11O3+4. The number of carbonyl (C=O) groups excluding carboxylic acids is 2. The maximum absolute atomic E-state index is 13.4. The van der Waals surface area contributed by atoms with E-state index in [4.69, 9.17) is 14.7 Å². The summed E-state index contributed by atoms with van der Waals surface area (Å²) < 4.78 is 13.9. The minimum atomic E-state index is -0.117. The molecule has 14 heteroatoms. The molecule has 14 nitrogen and oxygen atoms in total. The molecule has 0 unspecified atom stereocenters. The summed E-state index contributed by atoms with van der Waals surface area (Å²) in [6.07, 6.45) is 28.0. The Kier molecular flexibility index (Phi) is 14.5. The first-order valence-electron chi connectivity index (χ1n) is 29.0. The fourth-order valence-corrected chi connectivity index (χ4v) is 12.1. The number of anilines is 1. The van der Waals surface area contributed by atoms with Crippen LogP contribution in [0.2, 0.25) is 0 Å². The van der Waals surface area contributed by atoms with Crippen molar-refractivity contribution in [2.45, 2.75) is 52.5 Å². The van der Waals surface area contributed by atoms with E-state index in [9.17, 15) is 9.59 Å². The molecule has 0 saturated carbocycles. The first-order chi connectivity index (χ1) is 41.4. The van der Waals surface area contributed by atoms with Crippen LogP contribution in [0.3, 0.4) is 0 Å². The SMILES string of the molecule is COc1ccc2[nH]c3c(C)c4cc[n+](CCCCC(=O)NCCCC(=O)Nc5ccc(-c6c7nc(c(-c8cc[n+](C)cc8)c8ccc([nH]8)c(-c8cc[n+](C)cc8)c8nc(c(-c9cc[n+](C)cc9)c9ccc6[nH]9)C=C8)C=C7)cc5)cc4c(C)c3c2c1. The molecule has 85 heavy (non-hydrogen) atoms. The van der Waals surface area contributed by atoms with Crippen molar-refractivity contribution in [1.82, 2.24) is 30.2 Å². The van der Waals surface area contributed by atoms with Crippen LogP contribution in [0.25, 0.3) is 123 Å². The number of hydrogen-bond acceptors (Lipinski definition) is 5. The predicted molar refractivity (Wildman–Crippen MR) is 338 cm³/mol. The van der Waals surface area contributed by atoms with Gasteiger partial charge in [-0.3, -0.25) is 9.59 Å². The Bertz CT molecular complexity index is 4640. The Morgan fingerprint density at radius 3 is 1.48 bits per heavy atom. The van der Waals surface area contributed by atoms with Crippen molar-refractivity contribution in [3.8, 4) is 50.3 Å². The van der Waals surface area contributed by atoms with E-state index >= 15 is 0 Å². The number of methoxy groups -OCH3 is 1. The molecule has 420 valence electrons. The molecule has 13 rings (SSSR count). The second-order valence-electron chi connectivity index (χ2n) is 22.3. The van der Waals surface area contributed by atoms with Gasteiger partial charge in [0.05, 0.1) is 35.4 Å². The largest absolute Gasteiger partial charge is 0.497 e. The number of H-pyrrole nitrogens is 3. The molecule has 0 spiro atoms. The number of nitrogens with zero attached hydrogens (tertiary/aromatic N) is 6. The molecule has 0 saturated heterocycles. The van der Waals surface area contributed by atoms with Crippen molar-refractivity contribution >= 4 is 96.5 Å². The molecule has 5 N–H and O–H groups in total. The van der Waals surface area contributed by atoms with Crippen molar-refractivity contribution in [2.75, 3.05) is 19.0 Å². The lowest BCUT2D eigenvalue weighted by Crippen LogP contribution is -2.33. The van der Waals surface area contributed by atoms with Gasteiger partial charge in [-0.25, -0.2) is 28.2 Å². The molecule has 8 bridgehead atoms. The molecule has 0 fully saturated rings. The van der Waals surface area contributed by atoms with E-state index in [1.54, 1.807) is 7.11 Å². The van der Waals surface area contributed by atoms with Gasteiger partial charge in [0.25, 0.3) is 0 Å². The third-order valence-corrected chi connectivity index (χ3v) is 16.6. The van der Waals surface area contributed by atoms with Crippen LogP contribution in [0.5, 0.6) is 5.75 Å². The predicted octanol–water partition coefficient (Wildman–Crippen LogP) is 12.2. The summed E-state index contributed by atoms with van der Waals surface area (Å²) in [6, 6.07) is 37.6. The van der Waals surface area contributed by atoms with Gasteiger partial charge in [0, 0.05) is 140 Å². The number of pyridine rings is 4. The summed E-state index contributed by atoms with van der Waals surface area (Å²) in [5.41, 5.74) is 20.1. The first kappa shape index (κ1) is 53.9. The number of ether oxygens (including phenoxy) is 1. The van der Waals surface area contributed by atoms with Crippen LogP contribution in [0.1, 0.15) is 66.0 Å². The van der Waals surface area contributed by atoms with Gasteiger partial charge in [0.15, 0.2) is 49.6 Å². The number of carbonyl (C=O) groups is 2. The summed E-state index contributed by atoms with van der Waals surface area (Å²) in [6.45, 7) is 5.60. The zero-order chi connectivity index (χ0) is 58.3. The molecule has 0 radical (unpaired) electrons. The van der Waals surface area contributed by atoms with Gasteiger partial charge in [0.1, 0.15) is 33.4 Å². The number of aryl methyl sites for hydroxylation is 6. The summed E-state index contributed by atoms with van der Waals surface area (Å²) >= 11 is 0. The van der Waals surface area contributed by atoms with E-state index in [1.807, 2.05) is 65.2 Å². The van der Waals surface area contributed by atoms with Crippen molar-refractivity contribution in [1.29, 1.82) is 0 Å². The number of amides is 2. The van der Waals surface area contributed by atoms with Gasteiger partial charge < -0.3 is 30.3 Å². The van der Waals surface area contributed by atoms with Gasteiger partial charge in [-0.05, 0) is 144 Å². The molecule has 2 amide bonds. The first-order valence-corrected chi connectivity index (χ1v) is 29.0. The fraction of sp³-hybridized carbons (Fsp3) is 0.183. The van der Waals surface area contributed by atoms with Crippen LogP contribution in [0, 0.1) is 13.8 Å². The average Bonchev–Trinajstić information content (AvgIpc) is 2.95. The topological polar surface area (TPSA) is 156 Å². The van der Waals surface area contributed by atoms with Crippen molar-refractivity contribution in [3.63, 3.8) is 0 Å². The Morgan fingerprint density at radius 2 is 0.976 bits per heavy atom. The molecule has 2 aliphatic rings. The third kappa shape index (κ3) is 10.7. The number of hydrogen-bond donors (Lipinski definition) is 5. The molecule has 2 aliphatic heterocycles. The zero-order valence-corrected chi connectivity index (χ0v) is 48.7.